The monoisotopic (exact) mass is 286 g/mol. The second kappa shape index (κ2) is 6.91. The summed E-state index contributed by atoms with van der Waals surface area (Å²) in [4.78, 5) is 23.2. The Hall–Kier alpha value is -2.32. The van der Waals surface area contributed by atoms with E-state index in [4.69, 9.17) is 5.11 Å². The van der Waals surface area contributed by atoms with Crippen LogP contribution in [0.15, 0.2) is 18.2 Å². The van der Waals surface area contributed by atoms with Gasteiger partial charge in [0.25, 0.3) is 5.91 Å². The summed E-state index contributed by atoms with van der Waals surface area (Å²) in [5.41, 5.74) is 2.20. The molecule has 2 rings (SSSR count). The Morgan fingerprint density at radius 2 is 2.33 bits per heavy atom. The minimum absolute atomic E-state index is 0.0144. The van der Waals surface area contributed by atoms with Crippen molar-refractivity contribution < 1.29 is 14.7 Å². The van der Waals surface area contributed by atoms with Crippen LogP contribution in [0.3, 0.4) is 0 Å². The highest BCUT2D eigenvalue weighted by Crippen LogP contribution is 2.11. The number of amides is 2. The summed E-state index contributed by atoms with van der Waals surface area (Å²) in [6, 6.07) is 5.29. The van der Waals surface area contributed by atoms with E-state index in [1.54, 1.807) is 12.1 Å². The molecule has 1 saturated heterocycles. The Labute approximate surface area is 123 Å². The van der Waals surface area contributed by atoms with Gasteiger partial charge in [0.05, 0.1) is 0 Å². The smallest absolute Gasteiger partial charge is 0.251 e. The number of aliphatic hydroxyl groups excluding tert-OH is 1. The molecule has 1 aromatic carbocycles. The van der Waals surface area contributed by atoms with Crippen LogP contribution in [0, 0.1) is 18.8 Å². The molecule has 0 bridgehead atoms. The van der Waals surface area contributed by atoms with E-state index >= 15 is 0 Å². The Morgan fingerprint density at radius 1 is 1.52 bits per heavy atom. The van der Waals surface area contributed by atoms with Crippen LogP contribution in [0.5, 0.6) is 0 Å². The lowest BCUT2D eigenvalue weighted by molar-refractivity contribution is -0.119. The van der Waals surface area contributed by atoms with E-state index in [9.17, 15) is 9.59 Å². The molecule has 1 aromatic rings. The van der Waals surface area contributed by atoms with Crippen LogP contribution >= 0.6 is 0 Å². The maximum atomic E-state index is 12.1. The molecule has 1 aliphatic heterocycles. The van der Waals surface area contributed by atoms with Crippen molar-refractivity contribution in [2.24, 2.45) is 0 Å². The quantitative estimate of drug-likeness (QED) is 0.702. The molecule has 0 spiro atoms. The minimum atomic E-state index is -0.211. The van der Waals surface area contributed by atoms with Crippen LogP contribution < -0.4 is 10.6 Å². The van der Waals surface area contributed by atoms with E-state index in [0.717, 1.165) is 17.5 Å². The number of aryl methyl sites for hydroxylation is 1. The first-order valence-corrected chi connectivity index (χ1v) is 6.88. The van der Waals surface area contributed by atoms with E-state index in [1.165, 1.54) is 0 Å². The molecule has 21 heavy (non-hydrogen) atoms. The molecule has 2 amide bonds. The van der Waals surface area contributed by atoms with Crippen molar-refractivity contribution >= 4 is 11.8 Å². The van der Waals surface area contributed by atoms with Crippen LogP contribution in [0.25, 0.3) is 0 Å². The van der Waals surface area contributed by atoms with Gasteiger partial charge in [0, 0.05) is 30.1 Å². The fourth-order valence-corrected chi connectivity index (χ4v) is 2.18. The number of hydrogen-bond donors (Lipinski definition) is 3. The first-order valence-electron chi connectivity index (χ1n) is 6.88. The number of aliphatic hydroxyl groups is 1. The van der Waals surface area contributed by atoms with E-state index in [1.807, 2.05) is 13.0 Å². The van der Waals surface area contributed by atoms with Gasteiger partial charge in [-0.1, -0.05) is 17.9 Å². The molecule has 1 heterocycles. The fraction of sp³-hybridized carbons (Fsp3) is 0.375. The van der Waals surface area contributed by atoms with Crippen molar-refractivity contribution in [2.45, 2.75) is 25.8 Å². The topological polar surface area (TPSA) is 78.4 Å². The summed E-state index contributed by atoms with van der Waals surface area (Å²) >= 11 is 0. The van der Waals surface area contributed by atoms with Crippen LogP contribution in [0.1, 0.15) is 34.3 Å². The summed E-state index contributed by atoms with van der Waals surface area (Å²) in [5, 5.41) is 14.4. The molecule has 3 N–H and O–H groups in total. The summed E-state index contributed by atoms with van der Waals surface area (Å²) in [5.74, 6) is 5.25. The predicted octanol–water partition coefficient (Wildman–Crippen LogP) is 0.347. The summed E-state index contributed by atoms with van der Waals surface area (Å²) in [6.07, 6.45) is 1.27. The van der Waals surface area contributed by atoms with Gasteiger partial charge in [0.2, 0.25) is 5.91 Å². The zero-order valence-corrected chi connectivity index (χ0v) is 11.9. The van der Waals surface area contributed by atoms with E-state index in [-0.39, 0.29) is 24.5 Å². The second-order valence-corrected chi connectivity index (χ2v) is 5.00. The number of hydrogen-bond acceptors (Lipinski definition) is 3. The zero-order chi connectivity index (χ0) is 15.2. The summed E-state index contributed by atoms with van der Waals surface area (Å²) in [6.45, 7) is 2.12. The lowest BCUT2D eigenvalue weighted by Gasteiger charge is -2.11. The third kappa shape index (κ3) is 4.07. The lowest BCUT2D eigenvalue weighted by Crippen LogP contribution is -2.38. The molecule has 0 saturated carbocycles. The maximum absolute atomic E-state index is 12.1. The zero-order valence-electron chi connectivity index (χ0n) is 11.9. The normalized spacial score (nSPS) is 16.9. The first kappa shape index (κ1) is 15.1. The molecule has 0 radical (unpaired) electrons. The average molecular weight is 286 g/mol. The Kier molecular flexibility index (Phi) is 4.96. The Morgan fingerprint density at radius 3 is 3.00 bits per heavy atom. The van der Waals surface area contributed by atoms with Gasteiger partial charge in [0.1, 0.15) is 6.61 Å². The predicted molar refractivity (Wildman–Crippen MR) is 78.6 cm³/mol. The molecule has 1 aliphatic rings. The third-order valence-electron chi connectivity index (χ3n) is 3.40. The van der Waals surface area contributed by atoms with Crippen molar-refractivity contribution in [3.8, 4) is 11.8 Å². The molecule has 1 unspecified atom stereocenters. The maximum Gasteiger partial charge on any atom is 0.251 e. The molecule has 1 fully saturated rings. The minimum Gasteiger partial charge on any atom is -0.384 e. The molecule has 5 heteroatoms. The standard InChI is InChI=1S/C16H18N2O3/c1-11-4-5-13(9-12(11)3-2-8-19)16(21)17-10-14-6-7-15(20)18-14/h4-5,9,14,19H,6-8,10H2,1H3,(H,17,21)(H,18,20). The molecule has 0 aromatic heterocycles. The first-order chi connectivity index (χ1) is 10.1. The molecule has 1 atom stereocenters. The van der Waals surface area contributed by atoms with Crippen LogP contribution in [0.4, 0.5) is 0 Å². The molecule has 0 aliphatic carbocycles. The van der Waals surface area contributed by atoms with Gasteiger partial charge in [0.15, 0.2) is 0 Å². The van der Waals surface area contributed by atoms with Gasteiger partial charge in [-0.05, 0) is 31.0 Å². The van der Waals surface area contributed by atoms with E-state index in [2.05, 4.69) is 22.5 Å². The lowest BCUT2D eigenvalue weighted by atomic mass is 10.0. The molecular formula is C16H18N2O3. The third-order valence-corrected chi connectivity index (χ3v) is 3.40. The Bertz CT molecular complexity index is 614. The van der Waals surface area contributed by atoms with Crippen molar-refractivity contribution in [1.82, 2.24) is 10.6 Å². The highest BCUT2D eigenvalue weighted by Gasteiger charge is 2.21. The van der Waals surface area contributed by atoms with Crippen molar-refractivity contribution in [3.63, 3.8) is 0 Å². The number of benzene rings is 1. The number of nitrogens with one attached hydrogen (secondary N) is 2. The molecule has 5 nitrogen and oxygen atoms in total. The van der Waals surface area contributed by atoms with Gasteiger partial charge >= 0.3 is 0 Å². The number of carbonyl (C=O) groups is 2. The molecular weight excluding hydrogens is 268 g/mol. The van der Waals surface area contributed by atoms with Crippen LogP contribution in [0.2, 0.25) is 0 Å². The highest BCUT2D eigenvalue weighted by atomic mass is 16.2. The van der Waals surface area contributed by atoms with Gasteiger partial charge in [-0.15, -0.1) is 0 Å². The fourth-order valence-electron chi connectivity index (χ4n) is 2.18. The molecule has 110 valence electrons. The van der Waals surface area contributed by atoms with Gasteiger partial charge in [-0.3, -0.25) is 9.59 Å². The summed E-state index contributed by atoms with van der Waals surface area (Å²) < 4.78 is 0. The Balaban J connectivity index is 2.00. The number of rotatable bonds is 3. The van der Waals surface area contributed by atoms with E-state index < -0.39 is 0 Å². The van der Waals surface area contributed by atoms with E-state index in [0.29, 0.717) is 18.5 Å². The average Bonchev–Trinajstić information content (AvgIpc) is 2.89. The summed E-state index contributed by atoms with van der Waals surface area (Å²) in [7, 11) is 0. The van der Waals surface area contributed by atoms with Crippen molar-refractivity contribution in [2.75, 3.05) is 13.2 Å². The van der Waals surface area contributed by atoms with Gasteiger partial charge in [-0.25, -0.2) is 0 Å². The second-order valence-electron chi connectivity index (χ2n) is 5.00. The largest absolute Gasteiger partial charge is 0.384 e. The van der Waals surface area contributed by atoms with Gasteiger partial charge < -0.3 is 15.7 Å². The SMILES string of the molecule is Cc1ccc(C(=O)NCC2CCC(=O)N2)cc1C#CCO. The van der Waals surface area contributed by atoms with Crippen molar-refractivity contribution in [1.29, 1.82) is 0 Å². The highest BCUT2D eigenvalue weighted by molar-refractivity contribution is 5.94. The van der Waals surface area contributed by atoms with Gasteiger partial charge in [-0.2, -0.15) is 0 Å². The van der Waals surface area contributed by atoms with Crippen LogP contribution in [-0.2, 0) is 4.79 Å². The number of carbonyl (C=O) groups excluding carboxylic acids is 2. The van der Waals surface area contributed by atoms with Crippen LogP contribution in [-0.4, -0.2) is 36.1 Å². The van der Waals surface area contributed by atoms with Crippen molar-refractivity contribution in [3.05, 3.63) is 34.9 Å².